The van der Waals surface area contributed by atoms with Crippen LogP contribution < -0.4 is 35.5 Å². The lowest BCUT2D eigenvalue weighted by Crippen LogP contribution is -2.43. The molecule has 112 heavy (non-hydrogen) atoms. The second kappa shape index (κ2) is 34.6. The lowest BCUT2D eigenvalue weighted by Gasteiger charge is -2.32. The number of anilines is 6. The molecule has 26 nitrogen and oxygen atoms in total. The lowest BCUT2D eigenvalue weighted by molar-refractivity contribution is -0.116. The third-order valence-electron chi connectivity index (χ3n) is 18.3. The van der Waals surface area contributed by atoms with Crippen molar-refractivity contribution in [1.29, 1.82) is 0 Å². The van der Waals surface area contributed by atoms with E-state index in [0.717, 1.165) is 95.5 Å². The van der Waals surface area contributed by atoms with Gasteiger partial charge in [-0.2, -0.15) is 0 Å². The van der Waals surface area contributed by atoms with Gasteiger partial charge in [0.25, 0.3) is 17.7 Å². The number of piperazine rings is 2. The molecular weight excluding hydrogens is 1450 g/mol. The first kappa shape index (κ1) is 79.0. The molecule has 0 unspecified atom stereocenters. The molecular formula is C80H83F6N19O7. The SMILES string of the molecule is CC(=O)Cc1ccc(Nc2ncnc(Oc3cc(F)c4[nH]c(C)cc4c3F)c2C(=O)N(C)C)cc1.Cc1cc2c(F)c(Oc3ncnc(Nc4ccc(CN5CCN(C)CC5)cc4)c3C(=O)N(C)C)cc(F)c2[nH]1.Cc1cc2c(F)c(Oc3ncnc(Nc4ccc(CN5CCNCC5)cc4)c3C(=O)N(C)C)cc(F)c2[nH]1. The molecule has 7 N–H and O–H groups in total. The number of benzene rings is 6. The first-order valence-corrected chi connectivity index (χ1v) is 35.7. The Hall–Kier alpha value is -12.5. The minimum absolute atomic E-state index is 0.00540. The Morgan fingerprint density at radius 2 is 0.732 bits per heavy atom. The van der Waals surface area contributed by atoms with Crippen molar-refractivity contribution >= 4 is 90.7 Å². The van der Waals surface area contributed by atoms with Crippen LogP contribution in [0.25, 0.3) is 32.7 Å². The third-order valence-corrected chi connectivity index (χ3v) is 18.3. The first-order valence-electron chi connectivity index (χ1n) is 35.7. The number of amides is 3. The van der Waals surface area contributed by atoms with E-state index in [-0.39, 0.29) is 102 Å². The van der Waals surface area contributed by atoms with E-state index in [1.165, 1.54) is 77.7 Å². The molecule has 0 bridgehead atoms. The fourth-order valence-electron chi connectivity index (χ4n) is 12.6. The Bertz CT molecular complexity index is 5450. The molecule has 32 heteroatoms. The van der Waals surface area contributed by atoms with Crippen LogP contribution in [0.2, 0.25) is 0 Å². The summed E-state index contributed by atoms with van der Waals surface area (Å²) in [5, 5.41) is 12.8. The van der Waals surface area contributed by atoms with Crippen molar-refractivity contribution in [3.8, 4) is 34.9 Å². The molecule has 2 aliphatic heterocycles. The number of aryl methyl sites for hydroxylation is 3. The van der Waals surface area contributed by atoms with Gasteiger partial charge in [0, 0.05) is 183 Å². The summed E-state index contributed by atoms with van der Waals surface area (Å²) in [4.78, 5) is 95.0. The van der Waals surface area contributed by atoms with E-state index in [0.29, 0.717) is 40.6 Å². The van der Waals surface area contributed by atoms with Crippen molar-refractivity contribution in [3.05, 3.63) is 214 Å². The van der Waals surface area contributed by atoms with Gasteiger partial charge in [-0.3, -0.25) is 29.0 Å². The number of H-pyrrole nitrogens is 3. The largest absolute Gasteiger partial charge is 0.435 e. The molecule has 582 valence electrons. The van der Waals surface area contributed by atoms with Gasteiger partial charge in [-0.05, 0) is 106 Å². The summed E-state index contributed by atoms with van der Waals surface area (Å²) in [5.74, 6) is -7.09. The van der Waals surface area contributed by atoms with Crippen LogP contribution in [-0.2, 0) is 24.3 Å². The van der Waals surface area contributed by atoms with Gasteiger partial charge < -0.3 is 70.0 Å². The van der Waals surface area contributed by atoms with E-state index in [4.69, 9.17) is 14.2 Å². The number of halogens is 6. The van der Waals surface area contributed by atoms with Crippen molar-refractivity contribution in [2.45, 2.75) is 47.2 Å². The number of carbonyl (C=O) groups is 4. The number of Topliss-reactive ketones (excluding diaryl/α,β-unsaturated/α-hetero) is 1. The van der Waals surface area contributed by atoms with Crippen LogP contribution >= 0.6 is 0 Å². The summed E-state index contributed by atoms with van der Waals surface area (Å²) in [6.45, 7) is 16.4. The standard InChI is InChI=1S/C28H31F2N7O2.C27H29F2N7O2.C25H23F2N5O3/c1-17-13-20-24(30)22(14-21(29)25(20)33-17)39-27-23(28(38)35(2)3)26(31-16-32-27)34-19-7-5-18(6-8-19)15-37-11-9-36(4)10-12-37;1-16-12-19-23(29)21(13-20(28)24(19)33-16)38-26-22(27(37)35(2)3)25(31-15-32-26)34-18-6-4-17(5-7-18)14-36-10-8-30-9-11-36;1-13-9-17-21(27)19(11-18(26)22(17)30-13)35-24-20(25(34)32(3)4)23(28-12-29-24)31-16-7-5-15(6-8-16)10-14(2)33/h5-8,13-14,16,33H,9-12,15H2,1-4H3,(H,31,32,34);4-7,12-13,15,30,33H,8-11,14H2,1-3H3,(H,31,32,34);5-9,11-12,30H,10H2,1-4H3,(H,28,29,31). The van der Waals surface area contributed by atoms with E-state index in [2.05, 4.69) is 87.9 Å². The smallest absolute Gasteiger partial charge is 0.262 e. The molecule has 8 heterocycles. The van der Waals surface area contributed by atoms with Crippen LogP contribution in [0.15, 0.2) is 128 Å². The van der Waals surface area contributed by atoms with E-state index in [1.54, 1.807) is 73.2 Å². The average Bonchev–Trinajstić information content (AvgIpc) is 1.45. The molecule has 0 atom stereocenters. The van der Waals surface area contributed by atoms with Crippen LogP contribution in [0.5, 0.6) is 34.9 Å². The van der Waals surface area contributed by atoms with Crippen molar-refractivity contribution < 1.29 is 59.7 Å². The predicted molar refractivity (Wildman–Crippen MR) is 414 cm³/mol. The van der Waals surface area contributed by atoms with E-state index < -0.39 is 58.4 Å². The minimum atomic E-state index is -0.789. The third kappa shape index (κ3) is 18.5. The number of likely N-dealkylation sites (N-methyl/N-ethyl adjacent to an activating group) is 1. The van der Waals surface area contributed by atoms with Gasteiger partial charge in [-0.15, -0.1) is 0 Å². The molecule has 3 amide bonds. The van der Waals surface area contributed by atoms with Gasteiger partial charge in [-0.25, -0.2) is 56.2 Å². The average molecular weight is 1540 g/mol. The lowest BCUT2D eigenvalue weighted by atomic mass is 10.1. The van der Waals surface area contributed by atoms with E-state index in [9.17, 15) is 32.3 Å². The topological polar surface area (TPSA) is 288 Å². The number of rotatable bonds is 21. The second-order valence-electron chi connectivity index (χ2n) is 27.8. The van der Waals surface area contributed by atoms with Gasteiger partial charge in [0.15, 0.2) is 69.6 Å². The maximum Gasteiger partial charge on any atom is 0.262 e. The number of hydrogen-bond acceptors (Lipinski definition) is 20. The molecule has 0 radical (unpaired) electrons. The Balaban J connectivity index is 0.000000156. The van der Waals surface area contributed by atoms with Crippen molar-refractivity contribution in [3.63, 3.8) is 0 Å². The van der Waals surface area contributed by atoms with Gasteiger partial charge in [0.05, 0.1) is 16.6 Å². The number of hydrogen-bond donors (Lipinski definition) is 7. The van der Waals surface area contributed by atoms with Crippen LogP contribution in [0, 0.1) is 55.7 Å². The van der Waals surface area contributed by atoms with Gasteiger partial charge >= 0.3 is 0 Å². The molecule has 14 rings (SSSR count). The zero-order valence-electron chi connectivity index (χ0n) is 63.4. The van der Waals surface area contributed by atoms with Crippen LogP contribution in [0.1, 0.15) is 71.8 Å². The fourth-order valence-corrected chi connectivity index (χ4v) is 12.6. The Morgan fingerprint density at radius 1 is 0.429 bits per heavy atom. The highest BCUT2D eigenvalue weighted by atomic mass is 19.1. The van der Waals surface area contributed by atoms with Gasteiger partial charge in [0.2, 0.25) is 17.6 Å². The molecule has 6 aromatic carbocycles. The van der Waals surface area contributed by atoms with Gasteiger partial charge in [-0.1, -0.05) is 36.4 Å². The summed E-state index contributed by atoms with van der Waals surface area (Å²) in [7, 11) is 11.5. The van der Waals surface area contributed by atoms with Crippen molar-refractivity contribution in [1.82, 2.24) is 79.6 Å². The molecule has 6 aromatic heterocycles. The predicted octanol–water partition coefficient (Wildman–Crippen LogP) is 13.6. The minimum Gasteiger partial charge on any atom is -0.435 e. The zero-order chi connectivity index (χ0) is 79.8. The number of aromatic amines is 3. The van der Waals surface area contributed by atoms with E-state index >= 15 is 13.2 Å². The molecule has 2 fully saturated rings. The summed E-state index contributed by atoms with van der Waals surface area (Å²) < 4.78 is 107. The monoisotopic (exact) mass is 1540 g/mol. The highest BCUT2D eigenvalue weighted by Gasteiger charge is 2.30. The quantitative estimate of drug-likeness (QED) is 0.0329. The maximum atomic E-state index is 15.2. The Labute approximate surface area is 640 Å². The molecule has 0 spiro atoms. The molecule has 2 saturated heterocycles. The summed E-state index contributed by atoms with van der Waals surface area (Å²) >= 11 is 0. The normalized spacial score (nSPS) is 13.2. The van der Waals surface area contributed by atoms with Crippen molar-refractivity contribution in [2.75, 3.05) is 118 Å². The molecule has 0 aliphatic carbocycles. The van der Waals surface area contributed by atoms with Crippen LogP contribution in [0.3, 0.4) is 0 Å². The molecule has 0 saturated carbocycles. The van der Waals surface area contributed by atoms with E-state index in [1.807, 2.05) is 48.5 Å². The number of nitrogens with one attached hydrogen (secondary N) is 7. The zero-order valence-corrected chi connectivity index (χ0v) is 63.4. The summed E-state index contributed by atoms with van der Waals surface area (Å²) in [5.41, 5.74) is 7.01. The van der Waals surface area contributed by atoms with Crippen molar-refractivity contribution in [2.24, 2.45) is 0 Å². The summed E-state index contributed by atoms with van der Waals surface area (Å²) in [6, 6.07) is 30.0. The fraction of sp³-hybridized carbons (Fsp3) is 0.275. The highest BCUT2D eigenvalue weighted by molar-refractivity contribution is 6.03. The molecule has 12 aromatic rings. The Kier molecular flexibility index (Phi) is 24.4. The van der Waals surface area contributed by atoms with Crippen LogP contribution in [-0.4, -0.2) is 199 Å². The van der Waals surface area contributed by atoms with Crippen LogP contribution in [0.4, 0.5) is 60.9 Å². The first-order chi connectivity index (χ1) is 53.6. The van der Waals surface area contributed by atoms with Gasteiger partial charge in [0.1, 0.15) is 41.5 Å². The number of ketones is 1. The Morgan fingerprint density at radius 3 is 1.04 bits per heavy atom. The highest BCUT2D eigenvalue weighted by Crippen LogP contribution is 2.40. The maximum absolute atomic E-state index is 15.2. The number of aromatic nitrogens is 9. The molecule has 2 aliphatic rings. The number of ether oxygens (including phenoxy) is 3. The number of fused-ring (bicyclic) bond motifs is 3. The summed E-state index contributed by atoms with van der Waals surface area (Å²) in [6.07, 6.45) is 3.87. The number of carbonyl (C=O) groups excluding carboxylic acids is 4. The number of nitrogens with zero attached hydrogens (tertiary/aromatic N) is 12. The second-order valence-corrected chi connectivity index (χ2v) is 27.8.